The van der Waals surface area contributed by atoms with Gasteiger partial charge in [-0.2, -0.15) is 0 Å². The van der Waals surface area contributed by atoms with Gasteiger partial charge < -0.3 is 20.3 Å². The van der Waals surface area contributed by atoms with E-state index in [1.165, 1.54) is 25.3 Å². The van der Waals surface area contributed by atoms with Gasteiger partial charge in [0.1, 0.15) is 5.75 Å². The molecule has 0 saturated heterocycles. The predicted octanol–water partition coefficient (Wildman–Crippen LogP) is 2.17. The molecule has 0 aliphatic carbocycles. The number of carbonyl (C=O) groups is 2. The molecule has 0 spiro atoms. The van der Waals surface area contributed by atoms with Crippen molar-refractivity contribution in [2.75, 3.05) is 12.4 Å². The van der Waals surface area contributed by atoms with Crippen molar-refractivity contribution in [2.45, 2.75) is 5.54 Å². The first-order valence-electron chi connectivity index (χ1n) is 6.45. The van der Waals surface area contributed by atoms with E-state index in [4.69, 9.17) is 4.74 Å². The summed E-state index contributed by atoms with van der Waals surface area (Å²) < 4.78 is 5.06. The number of aliphatic carboxylic acids is 2. The number of hydrogen-bond acceptors (Lipinski definition) is 4. The second-order valence-electron chi connectivity index (χ2n) is 4.58. The Hall–Kier alpha value is -3.02. The minimum absolute atomic E-state index is 0.123. The molecule has 0 saturated carbocycles. The van der Waals surface area contributed by atoms with Gasteiger partial charge in [0.2, 0.25) is 0 Å². The molecule has 0 bridgehead atoms. The molecule has 0 radical (unpaired) electrons. The maximum atomic E-state index is 11.7. The number of benzene rings is 2. The van der Waals surface area contributed by atoms with Gasteiger partial charge in [-0.25, -0.2) is 9.59 Å². The lowest BCUT2D eigenvalue weighted by Crippen LogP contribution is -2.50. The van der Waals surface area contributed by atoms with E-state index in [9.17, 15) is 19.8 Å². The van der Waals surface area contributed by atoms with E-state index in [1.54, 1.807) is 36.4 Å². The first kappa shape index (κ1) is 15.4. The fraction of sp³-hybridized carbons (Fsp3) is 0.125. The number of hydrogen-bond donors (Lipinski definition) is 3. The van der Waals surface area contributed by atoms with Crippen molar-refractivity contribution in [2.24, 2.45) is 0 Å². The Morgan fingerprint density at radius 3 is 2.18 bits per heavy atom. The molecule has 0 aliphatic heterocycles. The Labute approximate surface area is 127 Å². The summed E-state index contributed by atoms with van der Waals surface area (Å²) in [5.41, 5.74) is -1.83. The maximum absolute atomic E-state index is 11.7. The Morgan fingerprint density at radius 1 is 1.00 bits per heavy atom. The van der Waals surface area contributed by atoms with Crippen LogP contribution in [-0.2, 0) is 15.1 Å². The van der Waals surface area contributed by atoms with Crippen molar-refractivity contribution >= 4 is 17.6 Å². The molecule has 0 aliphatic rings. The van der Waals surface area contributed by atoms with Crippen LogP contribution in [0.3, 0.4) is 0 Å². The molecule has 2 aromatic rings. The lowest BCUT2D eigenvalue weighted by molar-refractivity contribution is -0.155. The average molecular weight is 301 g/mol. The summed E-state index contributed by atoms with van der Waals surface area (Å²) in [6.45, 7) is 0. The van der Waals surface area contributed by atoms with E-state index in [2.05, 4.69) is 5.32 Å². The fourth-order valence-electron chi connectivity index (χ4n) is 2.12. The largest absolute Gasteiger partial charge is 0.497 e. The summed E-state index contributed by atoms with van der Waals surface area (Å²) in [4.78, 5) is 23.5. The van der Waals surface area contributed by atoms with Gasteiger partial charge in [0.05, 0.1) is 7.11 Å². The van der Waals surface area contributed by atoms with Crippen molar-refractivity contribution in [3.05, 3.63) is 60.2 Å². The van der Waals surface area contributed by atoms with Crippen molar-refractivity contribution < 1.29 is 24.5 Å². The SMILES string of the molecule is COc1cccc(NC(C(=O)O)(C(=O)O)c2ccccc2)c1. The summed E-state index contributed by atoms with van der Waals surface area (Å²) in [5, 5.41) is 21.7. The second-order valence-corrected chi connectivity index (χ2v) is 4.58. The van der Waals surface area contributed by atoms with Gasteiger partial charge in [0.15, 0.2) is 0 Å². The Balaban J connectivity index is 2.54. The molecule has 0 heterocycles. The average Bonchev–Trinajstić information content (AvgIpc) is 2.53. The monoisotopic (exact) mass is 301 g/mol. The molecule has 3 N–H and O–H groups in total. The van der Waals surface area contributed by atoms with Gasteiger partial charge >= 0.3 is 11.9 Å². The first-order valence-corrected chi connectivity index (χ1v) is 6.45. The van der Waals surface area contributed by atoms with Crippen LogP contribution in [0.1, 0.15) is 5.56 Å². The van der Waals surface area contributed by atoms with Crippen LogP contribution in [-0.4, -0.2) is 29.3 Å². The number of carboxylic acids is 2. The highest BCUT2D eigenvalue weighted by atomic mass is 16.5. The van der Waals surface area contributed by atoms with Crippen LogP contribution in [0.4, 0.5) is 5.69 Å². The van der Waals surface area contributed by atoms with Gasteiger partial charge in [-0.3, -0.25) is 0 Å². The fourth-order valence-corrected chi connectivity index (χ4v) is 2.12. The van der Waals surface area contributed by atoms with E-state index >= 15 is 0 Å². The summed E-state index contributed by atoms with van der Waals surface area (Å²) >= 11 is 0. The van der Waals surface area contributed by atoms with Crippen LogP contribution in [0.15, 0.2) is 54.6 Å². The molecule has 0 unspecified atom stereocenters. The third kappa shape index (κ3) is 2.71. The number of anilines is 1. The summed E-state index contributed by atoms with van der Waals surface area (Å²) in [7, 11) is 1.47. The zero-order valence-electron chi connectivity index (χ0n) is 11.8. The molecule has 0 fully saturated rings. The summed E-state index contributed by atoms with van der Waals surface area (Å²) in [6.07, 6.45) is 0. The van der Waals surface area contributed by atoms with Crippen LogP contribution >= 0.6 is 0 Å². The lowest BCUT2D eigenvalue weighted by Gasteiger charge is -2.27. The molecule has 22 heavy (non-hydrogen) atoms. The van der Waals surface area contributed by atoms with Crippen molar-refractivity contribution in [1.82, 2.24) is 0 Å². The minimum atomic E-state index is -2.28. The van der Waals surface area contributed by atoms with Crippen molar-refractivity contribution in [3.63, 3.8) is 0 Å². The Morgan fingerprint density at radius 2 is 1.64 bits per heavy atom. The molecule has 2 rings (SSSR count). The van der Waals surface area contributed by atoms with Gasteiger partial charge in [-0.1, -0.05) is 36.4 Å². The first-order chi connectivity index (χ1) is 10.5. The molecule has 2 aromatic carbocycles. The molecule has 114 valence electrons. The van der Waals surface area contributed by atoms with Gasteiger partial charge in [0.25, 0.3) is 5.54 Å². The lowest BCUT2D eigenvalue weighted by atomic mass is 9.89. The van der Waals surface area contributed by atoms with Crippen molar-refractivity contribution in [1.29, 1.82) is 0 Å². The zero-order chi connectivity index (χ0) is 16.2. The van der Waals surface area contributed by atoms with E-state index in [0.717, 1.165) is 0 Å². The summed E-state index contributed by atoms with van der Waals surface area (Å²) in [6, 6.07) is 14.2. The molecule has 6 heteroatoms. The normalized spacial score (nSPS) is 10.8. The quantitative estimate of drug-likeness (QED) is 0.708. The Bertz CT molecular complexity index is 670. The van der Waals surface area contributed by atoms with Crippen LogP contribution in [0.2, 0.25) is 0 Å². The van der Waals surface area contributed by atoms with Crippen molar-refractivity contribution in [3.8, 4) is 5.75 Å². The zero-order valence-corrected chi connectivity index (χ0v) is 11.8. The van der Waals surface area contributed by atoms with E-state index in [1.807, 2.05) is 0 Å². The number of methoxy groups -OCH3 is 1. The number of carboxylic acid groups (broad SMARTS) is 2. The number of nitrogens with one attached hydrogen (secondary N) is 1. The highest BCUT2D eigenvalue weighted by Gasteiger charge is 2.48. The van der Waals surface area contributed by atoms with Crippen LogP contribution in [0.25, 0.3) is 0 Å². The maximum Gasteiger partial charge on any atom is 0.346 e. The topological polar surface area (TPSA) is 95.9 Å². The molecule has 0 amide bonds. The predicted molar refractivity (Wildman–Crippen MR) is 80.0 cm³/mol. The highest BCUT2D eigenvalue weighted by Crippen LogP contribution is 2.29. The smallest absolute Gasteiger partial charge is 0.346 e. The highest BCUT2D eigenvalue weighted by molar-refractivity contribution is 6.07. The Kier molecular flexibility index (Phi) is 4.31. The van der Waals surface area contributed by atoms with Crippen LogP contribution in [0.5, 0.6) is 5.75 Å². The third-order valence-corrected chi connectivity index (χ3v) is 3.25. The van der Waals surface area contributed by atoms with E-state index in [-0.39, 0.29) is 5.56 Å². The summed E-state index contributed by atoms with van der Waals surface area (Å²) in [5.74, 6) is -2.52. The molecular formula is C16H15NO5. The number of rotatable bonds is 6. The second kappa shape index (κ2) is 6.17. The van der Waals surface area contributed by atoms with Gasteiger partial charge in [-0.05, 0) is 12.1 Å². The molecule has 0 atom stereocenters. The minimum Gasteiger partial charge on any atom is -0.497 e. The van der Waals surface area contributed by atoms with Gasteiger partial charge in [0, 0.05) is 17.3 Å². The van der Waals surface area contributed by atoms with Gasteiger partial charge in [-0.15, -0.1) is 0 Å². The molecule has 0 aromatic heterocycles. The van der Waals surface area contributed by atoms with Crippen LogP contribution < -0.4 is 10.1 Å². The molecule has 6 nitrogen and oxygen atoms in total. The third-order valence-electron chi connectivity index (χ3n) is 3.25. The standard InChI is InChI=1S/C16H15NO5/c1-22-13-9-5-8-12(10-13)17-16(14(18)19,15(20)21)11-6-3-2-4-7-11/h2-10,17H,1H3,(H,18,19)(H,20,21). The van der Waals surface area contributed by atoms with E-state index in [0.29, 0.717) is 11.4 Å². The van der Waals surface area contributed by atoms with E-state index < -0.39 is 17.5 Å². The van der Waals surface area contributed by atoms with Crippen LogP contribution in [0, 0.1) is 0 Å². The number of ether oxygens (including phenoxy) is 1. The molecular weight excluding hydrogens is 286 g/mol.